The normalized spacial score (nSPS) is 17.4. The third-order valence-corrected chi connectivity index (χ3v) is 6.52. The summed E-state index contributed by atoms with van der Waals surface area (Å²) < 4.78 is 0. The molecular weight excluding hydrogens is 412 g/mol. The summed E-state index contributed by atoms with van der Waals surface area (Å²) in [5.41, 5.74) is 0. The topological polar surface area (TPSA) is 124 Å². The van der Waals surface area contributed by atoms with Gasteiger partial charge in [-0.2, -0.15) is 10.0 Å². The number of carbonyl (C=O) groups is 2. The lowest BCUT2D eigenvalue weighted by molar-refractivity contribution is 0.188. The minimum Gasteiger partial charge on any atom is -0.334 e. The average molecular weight is 453 g/mol. The van der Waals surface area contributed by atoms with Gasteiger partial charge >= 0.3 is 12.1 Å². The van der Waals surface area contributed by atoms with Crippen molar-refractivity contribution in [2.24, 2.45) is 10.6 Å². The minimum atomic E-state index is -0.389. The Morgan fingerprint density at radius 3 is 1.28 bits per heavy atom. The largest absolute Gasteiger partial charge is 0.340 e. The van der Waals surface area contributed by atoms with Crippen molar-refractivity contribution in [2.45, 2.75) is 115 Å². The Labute approximate surface area is 191 Å². The molecule has 0 aromatic rings. The van der Waals surface area contributed by atoms with Crippen molar-refractivity contribution >= 4 is 12.1 Å². The van der Waals surface area contributed by atoms with Gasteiger partial charge in [0.1, 0.15) is 0 Å². The quantitative estimate of drug-likeness (QED) is 0.221. The number of unbranched alkanes of at least 4 members (excludes halogenated alkanes) is 5. The van der Waals surface area contributed by atoms with Crippen LogP contribution in [0.1, 0.15) is 103 Å². The number of amides is 4. The molecule has 2 aliphatic carbocycles. The first-order chi connectivity index (χ1) is 15.6. The van der Waals surface area contributed by atoms with Crippen LogP contribution in [-0.4, -0.2) is 47.3 Å². The molecule has 10 nitrogen and oxygen atoms in total. The van der Waals surface area contributed by atoms with E-state index in [4.69, 9.17) is 0 Å². The Balaban J connectivity index is 1.50. The number of hydrogen-bond donors (Lipinski definition) is 2. The highest BCUT2D eigenvalue weighted by Crippen LogP contribution is 2.19. The molecule has 0 aromatic carbocycles. The molecule has 0 bridgehead atoms. The molecule has 0 atom stereocenters. The van der Waals surface area contributed by atoms with Gasteiger partial charge in [0.2, 0.25) is 0 Å². The van der Waals surface area contributed by atoms with E-state index in [-0.39, 0.29) is 24.1 Å². The van der Waals surface area contributed by atoms with Crippen molar-refractivity contribution in [1.29, 1.82) is 0 Å². The third kappa shape index (κ3) is 9.91. The fourth-order valence-corrected chi connectivity index (χ4v) is 4.58. The molecule has 0 saturated heterocycles. The molecule has 0 spiro atoms. The fourth-order valence-electron chi connectivity index (χ4n) is 4.58. The maximum Gasteiger partial charge on any atom is 0.340 e. The third-order valence-electron chi connectivity index (χ3n) is 6.52. The van der Waals surface area contributed by atoms with Crippen molar-refractivity contribution in [1.82, 2.24) is 20.7 Å². The SMILES string of the molecule is O=NN(CCCCCCCCN(N=O)C(=O)NC1CCCCC1)C(=O)NC1CCCCC1. The van der Waals surface area contributed by atoms with Gasteiger partial charge in [-0.1, -0.05) is 64.2 Å². The Morgan fingerprint density at radius 2 is 0.938 bits per heavy atom. The predicted octanol–water partition coefficient (Wildman–Crippen LogP) is 5.38. The highest BCUT2D eigenvalue weighted by molar-refractivity contribution is 5.74. The second kappa shape index (κ2) is 15.5. The monoisotopic (exact) mass is 452 g/mol. The van der Waals surface area contributed by atoms with Gasteiger partial charge in [0, 0.05) is 25.2 Å². The van der Waals surface area contributed by atoms with E-state index < -0.39 is 0 Å². The zero-order valence-corrected chi connectivity index (χ0v) is 19.3. The highest BCUT2D eigenvalue weighted by Gasteiger charge is 2.21. The van der Waals surface area contributed by atoms with Crippen molar-refractivity contribution in [3.63, 3.8) is 0 Å². The maximum absolute atomic E-state index is 12.2. The summed E-state index contributed by atoms with van der Waals surface area (Å²) in [5, 5.41) is 13.6. The van der Waals surface area contributed by atoms with E-state index in [0.717, 1.165) is 99.9 Å². The molecule has 2 rings (SSSR count). The molecule has 32 heavy (non-hydrogen) atoms. The van der Waals surface area contributed by atoms with E-state index in [1.165, 1.54) is 12.8 Å². The van der Waals surface area contributed by atoms with Gasteiger partial charge in [-0.15, -0.1) is 9.81 Å². The summed E-state index contributed by atoms with van der Waals surface area (Å²) in [6.07, 6.45) is 15.9. The molecule has 2 aliphatic rings. The summed E-state index contributed by atoms with van der Waals surface area (Å²) in [4.78, 5) is 46.4. The summed E-state index contributed by atoms with van der Waals surface area (Å²) >= 11 is 0. The number of hydrogen-bond acceptors (Lipinski definition) is 6. The Hall–Kier alpha value is -2.26. The first-order valence-corrected chi connectivity index (χ1v) is 12.5. The van der Waals surface area contributed by atoms with E-state index in [9.17, 15) is 19.4 Å². The molecule has 2 saturated carbocycles. The summed E-state index contributed by atoms with van der Waals surface area (Å²) in [5.74, 6) is 0. The van der Waals surface area contributed by atoms with E-state index in [1.54, 1.807) is 0 Å². The fraction of sp³-hybridized carbons (Fsp3) is 0.909. The first kappa shape index (κ1) is 26.0. The maximum atomic E-state index is 12.2. The molecular formula is C22H40N6O4. The average Bonchev–Trinajstić information content (AvgIpc) is 2.81. The van der Waals surface area contributed by atoms with Crippen LogP contribution in [-0.2, 0) is 0 Å². The second-order valence-electron chi connectivity index (χ2n) is 9.10. The van der Waals surface area contributed by atoms with Crippen molar-refractivity contribution < 1.29 is 9.59 Å². The number of rotatable bonds is 13. The molecule has 10 heteroatoms. The zero-order chi connectivity index (χ0) is 23.0. The van der Waals surface area contributed by atoms with Crippen molar-refractivity contribution in [2.75, 3.05) is 13.1 Å². The molecule has 0 radical (unpaired) electrons. The highest BCUT2D eigenvalue weighted by atomic mass is 16.3. The summed E-state index contributed by atoms with van der Waals surface area (Å²) in [7, 11) is 0. The Kier molecular flexibility index (Phi) is 12.6. The van der Waals surface area contributed by atoms with Crippen molar-refractivity contribution in [3.8, 4) is 0 Å². The first-order valence-electron chi connectivity index (χ1n) is 12.5. The van der Waals surface area contributed by atoms with Gasteiger partial charge in [0.25, 0.3) is 0 Å². The van der Waals surface area contributed by atoms with Crippen LogP contribution in [0.5, 0.6) is 0 Å². The number of urea groups is 2. The van der Waals surface area contributed by atoms with Crippen LogP contribution in [0.4, 0.5) is 9.59 Å². The molecule has 182 valence electrons. The summed E-state index contributed by atoms with van der Waals surface area (Å²) in [6, 6.07) is -0.462. The number of nitrogens with zero attached hydrogens (tertiary/aromatic N) is 4. The molecule has 0 unspecified atom stereocenters. The van der Waals surface area contributed by atoms with Gasteiger partial charge in [-0.3, -0.25) is 0 Å². The van der Waals surface area contributed by atoms with Crippen LogP contribution in [0.2, 0.25) is 0 Å². The standard InChI is InChI=1S/C22H40N6O4/c29-21(23-19-13-7-5-8-14-19)27(25-31)17-11-3-1-2-4-12-18-28(26-32)22(30)24-20-15-9-6-10-16-20/h19-20H,1-18H2,(H,23,29)(H,24,30). The van der Waals surface area contributed by atoms with E-state index in [1.807, 2.05) is 0 Å². The van der Waals surface area contributed by atoms with Gasteiger partial charge in [0.05, 0.1) is 10.6 Å². The Morgan fingerprint density at radius 1 is 0.594 bits per heavy atom. The van der Waals surface area contributed by atoms with Crippen LogP contribution in [0.25, 0.3) is 0 Å². The number of carbonyl (C=O) groups excluding carboxylic acids is 2. The van der Waals surface area contributed by atoms with Gasteiger partial charge in [0.15, 0.2) is 0 Å². The zero-order valence-electron chi connectivity index (χ0n) is 19.3. The lowest BCUT2D eigenvalue weighted by Crippen LogP contribution is -2.43. The van der Waals surface area contributed by atoms with E-state index >= 15 is 0 Å². The van der Waals surface area contributed by atoms with E-state index in [2.05, 4.69) is 21.2 Å². The molecule has 4 amide bonds. The van der Waals surface area contributed by atoms with Crippen LogP contribution in [0.15, 0.2) is 10.6 Å². The van der Waals surface area contributed by atoms with Crippen molar-refractivity contribution in [3.05, 3.63) is 9.81 Å². The molecule has 0 heterocycles. The van der Waals surface area contributed by atoms with Crippen LogP contribution in [0, 0.1) is 9.81 Å². The molecule has 0 aromatic heterocycles. The van der Waals surface area contributed by atoms with E-state index in [0.29, 0.717) is 13.1 Å². The Bertz CT molecular complexity index is 529. The van der Waals surface area contributed by atoms with Gasteiger partial charge in [-0.25, -0.2) is 9.59 Å². The predicted molar refractivity (Wildman–Crippen MR) is 124 cm³/mol. The lowest BCUT2D eigenvalue weighted by atomic mass is 9.96. The van der Waals surface area contributed by atoms with Gasteiger partial charge < -0.3 is 10.6 Å². The number of nitrogens with one attached hydrogen (secondary N) is 2. The molecule has 2 N–H and O–H groups in total. The summed E-state index contributed by atoms with van der Waals surface area (Å²) in [6.45, 7) is 0.651. The second-order valence-corrected chi connectivity index (χ2v) is 9.10. The van der Waals surface area contributed by atoms with Crippen LogP contribution < -0.4 is 10.6 Å². The van der Waals surface area contributed by atoms with Crippen LogP contribution >= 0.6 is 0 Å². The lowest BCUT2D eigenvalue weighted by Gasteiger charge is -2.24. The van der Waals surface area contributed by atoms with Gasteiger partial charge in [-0.05, 0) is 38.5 Å². The smallest absolute Gasteiger partial charge is 0.334 e. The molecule has 0 aliphatic heterocycles. The number of nitroso groups, excluding NO2 is 2. The molecule has 2 fully saturated rings. The minimum absolute atomic E-state index is 0.158. The van der Waals surface area contributed by atoms with Crippen LogP contribution in [0.3, 0.4) is 0 Å².